The molecule has 1 N–H and O–H groups in total. The van der Waals surface area contributed by atoms with E-state index in [4.69, 9.17) is 4.99 Å². The number of carbonyl (C=O) groups is 2. The van der Waals surface area contributed by atoms with Crippen LogP contribution in [0.2, 0.25) is 0 Å². The summed E-state index contributed by atoms with van der Waals surface area (Å²) in [4.78, 5) is 34.7. The molecular weight excluding hydrogens is 282 g/mol. The number of nitrogens with zero attached hydrogens (tertiary/aromatic N) is 4. The molecule has 2 atom stereocenters. The number of likely N-dealkylation sites (tertiary alicyclic amines) is 1. The predicted octanol–water partition coefficient (Wildman–Crippen LogP) is 0.596. The topological polar surface area (TPSA) is 68.2 Å². The van der Waals surface area contributed by atoms with Gasteiger partial charge in [-0.3, -0.25) is 10.1 Å². The van der Waals surface area contributed by atoms with E-state index >= 15 is 0 Å². The van der Waals surface area contributed by atoms with E-state index < -0.39 is 12.2 Å². The van der Waals surface area contributed by atoms with E-state index in [2.05, 4.69) is 10.2 Å². The molecule has 0 radical (unpaired) electrons. The number of allylic oxidation sites excluding steroid dienone is 1. The standard InChI is InChI=1S/C15H23N5O2/c1-3-4-10-20-11-12(18(2)15(22)17-13(11)21)16-14(20)19-8-6-5-7-9-19/h3-4,11-12H,5-10H2,1-2H3,(H,17,21,22)/b4-3+. The van der Waals surface area contributed by atoms with Gasteiger partial charge in [0.05, 0.1) is 0 Å². The normalized spacial score (nSPS) is 29.0. The van der Waals surface area contributed by atoms with Crippen LogP contribution in [0.5, 0.6) is 0 Å². The van der Waals surface area contributed by atoms with Crippen LogP contribution in [0, 0.1) is 0 Å². The molecule has 3 amide bonds. The molecule has 0 aromatic carbocycles. The highest BCUT2D eigenvalue weighted by molar-refractivity contribution is 6.03. The first-order chi connectivity index (χ1) is 10.6. The van der Waals surface area contributed by atoms with Crippen LogP contribution in [0.25, 0.3) is 0 Å². The Labute approximate surface area is 130 Å². The maximum atomic E-state index is 12.3. The predicted molar refractivity (Wildman–Crippen MR) is 83.3 cm³/mol. The number of piperidine rings is 1. The number of hydrogen-bond acceptors (Lipinski definition) is 5. The summed E-state index contributed by atoms with van der Waals surface area (Å²) >= 11 is 0. The Morgan fingerprint density at radius 1 is 1.27 bits per heavy atom. The monoisotopic (exact) mass is 305 g/mol. The fraction of sp³-hybridized carbons (Fsp3) is 0.667. The number of fused-ring (bicyclic) bond motifs is 1. The quantitative estimate of drug-likeness (QED) is 0.759. The number of rotatable bonds is 2. The third kappa shape index (κ3) is 2.44. The van der Waals surface area contributed by atoms with Crippen molar-refractivity contribution in [3.8, 4) is 0 Å². The van der Waals surface area contributed by atoms with Crippen molar-refractivity contribution in [2.75, 3.05) is 26.7 Å². The van der Waals surface area contributed by atoms with Gasteiger partial charge in [-0.15, -0.1) is 0 Å². The molecule has 0 aromatic heterocycles. The van der Waals surface area contributed by atoms with Crippen LogP contribution in [-0.4, -0.2) is 71.5 Å². The van der Waals surface area contributed by atoms with Crippen molar-refractivity contribution in [3.05, 3.63) is 12.2 Å². The van der Waals surface area contributed by atoms with Gasteiger partial charge in [0.15, 0.2) is 18.2 Å². The molecule has 2 saturated heterocycles. The van der Waals surface area contributed by atoms with Crippen LogP contribution in [0.3, 0.4) is 0 Å². The molecule has 3 aliphatic heterocycles. The highest BCUT2D eigenvalue weighted by Crippen LogP contribution is 2.26. The summed E-state index contributed by atoms with van der Waals surface area (Å²) in [5, 5.41) is 2.42. The van der Waals surface area contributed by atoms with Crippen LogP contribution in [0.1, 0.15) is 26.2 Å². The highest BCUT2D eigenvalue weighted by atomic mass is 16.2. The van der Waals surface area contributed by atoms with Crippen LogP contribution >= 0.6 is 0 Å². The molecule has 7 nitrogen and oxygen atoms in total. The van der Waals surface area contributed by atoms with Crippen molar-refractivity contribution in [1.29, 1.82) is 0 Å². The third-order valence-corrected chi connectivity index (χ3v) is 4.52. The number of nitrogens with one attached hydrogen (secondary N) is 1. The second-order valence-electron chi connectivity index (χ2n) is 5.96. The van der Waals surface area contributed by atoms with Crippen LogP contribution in [-0.2, 0) is 4.79 Å². The van der Waals surface area contributed by atoms with Gasteiger partial charge in [-0.1, -0.05) is 12.2 Å². The maximum Gasteiger partial charge on any atom is 0.325 e. The molecule has 3 aliphatic rings. The third-order valence-electron chi connectivity index (χ3n) is 4.52. The second kappa shape index (κ2) is 5.98. The molecule has 2 unspecified atom stereocenters. The SMILES string of the molecule is C/C=C/CN1C(N2CCCCC2)=NC2C1C(=O)NC(=O)N2C. The van der Waals surface area contributed by atoms with Crippen LogP contribution < -0.4 is 5.32 Å². The summed E-state index contributed by atoms with van der Waals surface area (Å²) in [6, 6.07) is -0.809. The molecule has 22 heavy (non-hydrogen) atoms. The van der Waals surface area contributed by atoms with Crippen molar-refractivity contribution < 1.29 is 9.59 Å². The average molecular weight is 305 g/mol. The summed E-state index contributed by atoms with van der Waals surface area (Å²) in [5.74, 6) is 0.595. The van der Waals surface area contributed by atoms with Gasteiger partial charge in [0, 0.05) is 26.7 Å². The van der Waals surface area contributed by atoms with Gasteiger partial charge in [0.1, 0.15) is 0 Å². The van der Waals surface area contributed by atoms with E-state index in [-0.39, 0.29) is 11.9 Å². The summed E-state index contributed by atoms with van der Waals surface area (Å²) in [6.07, 6.45) is 7.09. The van der Waals surface area contributed by atoms with Gasteiger partial charge in [-0.25, -0.2) is 9.79 Å². The largest absolute Gasteiger partial charge is 0.343 e. The zero-order valence-electron chi connectivity index (χ0n) is 13.2. The zero-order chi connectivity index (χ0) is 15.7. The minimum absolute atomic E-state index is 0.256. The van der Waals surface area contributed by atoms with Gasteiger partial charge in [-0.2, -0.15) is 0 Å². The Kier molecular flexibility index (Phi) is 4.04. The molecule has 3 rings (SSSR count). The van der Waals surface area contributed by atoms with Crippen molar-refractivity contribution in [2.45, 2.75) is 38.4 Å². The fourth-order valence-corrected chi connectivity index (χ4v) is 3.28. The zero-order valence-corrected chi connectivity index (χ0v) is 13.2. The van der Waals surface area contributed by atoms with E-state index in [1.54, 1.807) is 7.05 Å². The first kappa shape index (κ1) is 14.9. The van der Waals surface area contributed by atoms with E-state index in [1.165, 1.54) is 11.3 Å². The lowest BCUT2D eigenvalue weighted by atomic mass is 10.1. The number of imide groups is 1. The lowest BCUT2D eigenvalue weighted by molar-refractivity contribution is -0.127. The molecule has 0 spiro atoms. The number of carbonyl (C=O) groups excluding carboxylic acids is 2. The average Bonchev–Trinajstić information content (AvgIpc) is 2.91. The molecule has 7 heteroatoms. The number of amides is 3. The minimum Gasteiger partial charge on any atom is -0.343 e. The molecule has 2 fully saturated rings. The van der Waals surface area contributed by atoms with Crippen molar-refractivity contribution >= 4 is 17.9 Å². The number of guanidine groups is 1. The number of hydrogen-bond donors (Lipinski definition) is 1. The van der Waals surface area contributed by atoms with Gasteiger partial charge >= 0.3 is 6.03 Å². The Morgan fingerprint density at radius 3 is 2.68 bits per heavy atom. The molecule has 3 heterocycles. The van der Waals surface area contributed by atoms with Crippen LogP contribution in [0.4, 0.5) is 4.79 Å². The minimum atomic E-state index is -0.434. The molecular formula is C15H23N5O2. The number of aliphatic imine (C=N–C) groups is 1. The van der Waals surface area contributed by atoms with Crippen molar-refractivity contribution in [3.63, 3.8) is 0 Å². The van der Waals surface area contributed by atoms with E-state index in [9.17, 15) is 9.59 Å². The van der Waals surface area contributed by atoms with Crippen molar-refractivity contribution in [2.24, 2.45) is 4.99 Å². The Hall–Kier alpha value is -2.05. The first-order valence-corrected chi connectivity index (χ1v) is 7.91. The van der Waals surface area contributed by atoms with Gasteiger partial charge < -0.3 is 14.7 Å². The van der Waals surface area contributed by atoms with Crippen LogP contribution in [0.15, 0.2) is 17.1 Å². The lowest BCUT2D eigenvalue weighted by Gasteiger charge is -2.38. The first-order valence-electron chi connectivity index (χ1n) is 7.91. The summed E-state index contributed by atoms with van der Waals surface area (Å²) in [6.45, 7) is 4.51. The molecule has 0 aliphatic carbocycles. The maximum absolute atomic E-state index is 12.3. The Balaban J connectivity index is 1.91. The van der Waals surface area contributed by atoms with Gasteiger partial charge in [0.25, 0.3) is 5.91 Å². The van der Waals surface area contributed by atoms with E-state index in [0.717, 1.165) is 31.9 Å². The number of likely N-dealkylation sites (N-methyl/N-ethyl adjacent to an activating group) is 1. The molecule has 0 bridgehead atoms. The fourth-order valence-electron chi connectivity index (χ4n) is 3.28. The van der Waals surface area contributed by atoms with Gasteiger partial charge in [0.2, 0.25) is 0 Å². The van der Waals surface area contributed by atoms with E-state index in [1.807, 2.05) is 24.0 Å². The lowest BCUT2D eigenvalue weighted by Crippen LogP contribution is -2.64. The number of urea groups is 1. The summed E-state index contributed by atoms with van der Waals surface area (Å²) in [5.41, 5.74) is 0. The van der Waals surface area contributed by atoms with Gasteiger partial charge in [-0.05, 0) is 26.2 Å². The Morgan fingerprint density at radius 2 is 2.00 bits per heavy atom. The molecule has 120 valence electrons. The highest BCUT2D eigenvalue weighted by Gasteiger charge is 2.49. The van der Waals surface area contributed by atoms with Crippen molar-refractivity contribution in [1.82, 2.24) is 20.0 Å². The Bertz CT molecular complexity index is 524. The summed E-state index contributed by atoms with van der Waals surface area (Å²) < 4.78 is 0. The second-order valence-corrected chi connectivity index (χ2v) is 5.96. The molecule has 0 aromatic rings. The smallest absolute Gasteiger partial charge is 0.325 e. The van der Waals surface area contributed by atoms with E-state index in [0.29, 0.717) is 6.54 Å². The summed E-state index contributed by atoms with van der Waals surface area (Å²) in [7, 11) is 1.69. The molecule has 0 saturated carbocycles.